The van der Waals surface area contributed by atoms with Crippen molar-refractivity contribution in [2.24, 2.45) is 0 Å². The molecule has 0 saturated carbocycles. The molecule has 106 valence electrons. The monoisotopic (exact) mass is 263 g/mol. The largest absolute Gasteiger partial charge is 0.373 e. The lowest BCUT2D eigenvalue weighted by atomic mass is 10.1. The quantitative estimate of drug-likeness (QED) is 0.708. The Kier molecular flexibility index (Phi) is 6.93. The molecule has 4 nitrogen and oxygen atoms in total. The Bertz CT molecular complexity index is 393. The summed E-state index contributed by atoms with van der Waals surface area (Å²) in [5, 5.41) is 5.93. The zero-order chi connectivity index (χ0) is 14.1. The normalized spacial score (nSPS) is 11.9. The molecule has 1 unspecified atom stereocenters. The summed E-state index contributed by atoms with van der Waals surface area (Å²) in [4.78, 5) is 16.2. The second-order valence-corrected chi connectivity index (χ2v) is 4.88. The molecule has 0 saturated heterocycles. The predicted octanol–water partition coefficient (Wildman–Crippen LogP) is 3.21. The maximum Gasteiger partial charge on any atom is 0.270 e. The van der Waals surface area contributed by atoms with Crippen LogP contribution in [0.2, 0.25) is 0 Å². The van der Waals surface area contributed by atoms with Crippen LogP contribution in [-0.2, 0) is 0 Å². The van der Waals surface area contributed by atoms with E-state index in [0.717, 1.165) is 6.42 Å². The van der Waals surface area contributed by atoms with Crippen LogP contribution in [0, 0.1) is 0 Å². The Balaban J connectivity index is 2.40. The van der Waals surface area contributed by atoms with E-state index in [1.807, 2.05) is 19.1 Å². The van der Waals surface area contributed by atoms with E-state index >= 15 is 0 Å². The Hall–Kier alpha value is -1.58. The second-order valence-electron chi connectivity index (χ2n) is 4.88. The topological polar surface area (TPSA) is 54.0 Å². The summed E-state index contributed by atoms with van der Waals surface area (Å²) in [5.74, 6) is 0.614. The summed E-state index contributed by atoms with van der Waals surface area (Å²) in [6, 6.07) is 5.61. The van der Waals surface area contributed by atoms with Gasteiger partial charge in [-0.05, 0) is 25.5 Å². The molecule has 0 aliphatic rings. The van der Waals surface area contributed by atoms with E-state index in [1.54, 1.807) is 13.1 Å². The first-order chi connectivity index (χ1) is 9.17. The Morgan fingerprint density at radius 2 is 2.11 bits per heavy atom. The fourth-order valence-corrected chi connectivity index (χ4v) is 1.95. The molecule has 0 bridgehead atoms. The molecule has 1 aromatic rings. The highest BCUT2D eigenvalue weighted by Crippen LogP contribution is 2.07. The fraction of sp³-hybridized carbons (Fsp3) is 0.600. The standard InChI is InChI=1S/C15H25N3O/c1-4-5-6-7-9-12(2)17-15(19)13-10-8-11-14(16-3)18-13/h8,10-12H,4-7,9H2,1-3H3,(H,16,18)(H,17,19). The molecular weight excluding hydrogens is 238 g/mol. The predicted molar refractivity (Wildman–Crippen MR) is 79.5 cm³/mol. The van der Waals surface area contributed by atoms with E-state index in [2.05, 4.69) is 22.5 Å². The molecule has 0 radical (unpaired) electrons. The molecule has 0 aromatic carbocycles. The number of rotatable bonds is 8. The van der Waals surface area contributed by atoms with Crippen molar-refractivity contribution in [3.05, 3.63) is 23.9 Å². The molecule has 0 spiro atoms. The molecule has 4 heteroatoms. The van der Waals surface area contributed by atoms with Crippen LogP contribution in [-0.4, -0.2) is 24.0 Å². The summed E-state index contributed by atoms with van der Waals surface area (Å²) < 4.78 is 0. The number of nitrogens with zero attached hydrogens (tertiary/aromatic N) is 1. The van der Waals surface area contributed by atoms with Gasteiger partial charge in [0, 0.05) is 13.1 Å². The molecule has 1 aromatic heterocycles. The van der Waals surface area contributed by atoms with Crippen LogP contribution in [0.3, 0.4) is 0 Å². The van der Waals surface area contributed by atoms with Crippen LogP contribution in [0.1, 0.15) is 56.4 Å². The Labute approximate surface area is 116 Å². The van der Waals surface area contributed by atoms with Gasteiger partial charge in [-0.15, -0.1) is 0 Å². The van der Waals surface area contributed by atoms with E-state index in [0.29, 0.717) is 11.5 Å². The first-order valence-corrected chi connectivity index (χ1v) is 7.13. The molecule has 1 heterocycles. The number of amides is 1. The number of aromatic nitrogens is 1. The molecule has 1 atom stereocenters. The van der Waals surface area contributed by atoms with Crippen molar-refractivity contribution in [3.63, 3.8) is 0 Å². The zero-order valence-corrected chi connectivity index (χ0v) is 12.2. The number of nitrogens with one attached hydrogen (secondary N) is 2. The maximum absolute atomic E-state index is 12.0. The van der Waals surface area contributed by atoms with E-state index in [-0.39, 0.29) is 11.9 Å². The van der Waals surface area contributed by atoms with E-state index < -0.39 is 0 Å². The summed E-state index contributed by atoms with van der Waals surface area (Å²) in [7, 11) is 1.79. The van der Waals surface area contributed by atoms with Gasteiger partial charge in [-0.2, -0.15) is 0 Å². The van der Waals surface area contributed by atoms with Gasteiger partial charge in [-0.1, -0.05) is 38.7 Å². The van der Waals surface area contributed by atoms with Crippen molar-refractivity contribution in [2.75, 3.05) is 12.4 Å². The SMILES string of the molecule is CCCCCCC(C)NC(=O)c1cccc(NC)n1. The molecular formula is C15H25N3O. The van der Waals surface area contributed by atoms with E-state index in [9.17, 15) is 4.79 Å². The van der Waals surface area contributed by atoms with Gasteiger partial charge < -0.3 is 10.6 Å². The molecule has 0 aliphatic carbocycles. The van der Waals surface area contributed by atoms with Gasteiger partial charge in [-0.25, -0.2) is 4.98 Å². The number of hydrogen-bond acceptors (Lipinski definition) is 3. The van der Waals surface area contributed by atoms with Gasteiger partial charge in [0.05, 0.1) is 0 Å². The molecule has 1 amide bonds. The van der Waals surface area contributed by atoms with Gasteiger partial charge in [0.2, 0.25) is 0 Å². The van der Waals surface area contributed by atoms with Gasteiger partial charge >= 0.3 is 0 Å². The summed E-state index contributed by atoms with van der Waals surface area (Å²) >= 11 is 0. The third-order valence-electron chi connectivity index (χ3n) is 3.11. The minimum absolute atomic E-state index is 0.0971. The van der Waals surface area contributed by atoms with Crippen LogP contribution < -0.4 is 10.6 Å². The van der Waals surface area contributed by atoms with Gasteiger partial charge in [0.25, 0.3) is 5.91 Å². The second kappa shape index (κ2) is 8.51. The number of pyridine rings is 1. The van der Waals surface area contributed by atoms with Gasteiger partial charge in [0.15, 0.2) is 0 Å². The van der Waals surface area contributed by atoms with Gasteiger partial charge in [0.1, 0.15) is 11.5 Å². The highest BCUT2D eigenvalue weighted by atomic mass is 16.1. The minimum Gasteiger partial charge on any atom is -0.373 e. The number of carbonyl (C=O) groups excluding carboxylic acids is 1. The third kappa shape index (κ3) is 5.73. The van der Waals surface area contributed by atoms with E-state index in [4.69, 9.17) is 0 Å². The lowest BCUT2D eigenvalue weighted by molar-refractivity contribution is 0.0933. The molecule has 1 rings (SSSR count). The van der Waals surface area contributed by atoms with Crippen LogP contribution >= 0.6 is 0 Å². The third-order valence-corrected chi connectivity index (χ3v) is 3.11. The van der Waals surface area contributed by atoms with Crippen molar-refractivity contribution in [1.29, 1.82) is 0 Å². The summed E-state index contributed by atoms with van der Waals surface area (Å²) in [5.41, 5.74) is 0.465. The Morgan fingerprint density at radius 3 is 2.79 bits per heavy atom. The first-order valence-electron chi connectivity index (χ1n) is 7.13. The zero-order valence-electron chi connectivity index (χ0n) is 12.2. The van der Waals surface area contributed by atoms with Crippen LogP contribution in [0.15, 0.2) is 18.2 Å². The highest BCUT2D eigenvalue weighted by molar-refractivity contribution is 5.92. The van der Waals surface area contributed by atoms with Crippen molar-refractivity contribution in [1.82, 2.24) is 10.3 Å². The van der Waals surface area contributed by atoms with Gasteiger partial charge in [-0.3, -0.25) is 4.79 Å². The lowest BCUT2D eigenvalue weighted by Crippen LogP contribution is -2.33. The highest BCUT2D eigenvalue weighted by Gasteiger charge is 2.11. The molecule has 0 fully saturated rings. The van der Waals surface area contributed by atoms with Crippen molar-refractivity contribution in [2.45, 2.75) is 52.0 Å². The number of carbonyl (C=O) groups is 1. The number of hydrogen-bond donors (Lipinski definition) is 2. The van der Waals surface area contributed by atoms with Crippen LogP contribution in [0.25, 0.3) is 0 Å². The average molecular weight is 263 g/mol. The summed E-state index contributed by atoms with van der Waals surface area (Å²) in [6.45, 7) is 4.25. The molecule has 2 N–H and O–H groups in total. The van der Waals surface area contributed by atoms with Crippen molar-refractivity contribution in [3.8, 4) is 0 Å². The smallest absolute Gasteiger partial charge is 0.270 e. The van der Waals surface area contributed by atoms with Crippen molar-refractivity contribution >= 4 is 11.7 Å². The molecule has 19 heavy (non-hydrogen) atoms. The van der Waals surface area contributed by atoms with E-state index in [1.165, 1.54) is 25.7 Å². The number of anilines is 1. The number of unbranched alkanes of at least 4 members (excludes halogenated alkanes) is 3. The van der Waals surface area contributed by atoms with Crippen molar-refractivity contribution < 1.29 is 4.79 Å². The molecule has 0 aliphatic heterocycles. The average Bonchev–Trinajstić information content (AvgIpc) is 2.43. The fourth-order valence-electron chi connectivity index (χ4n) is 1.95. The first kappa shape index (κ1) is 15.5. The minimum atomic E-state index is -0.0971. The van der Waals surface area contributed by atoms with Crippen LogP contribution in [0.4, 0.5) is 5.82 Å². The lowest BCUT2D eigenvalue weighted by Gasteiger charge is -2.13. The maximum atomic E-state index is 12.0. The van der Waals surface area contributed by atoms with Crippen LogP contribution in [0.5, 0.6) is 0 Å². The summed E-state index contributed by atoms with van der Waals surface area (Å²) in [6.07, 6.45) is 5.94. The Morgan fingerprint density at radius 1 is 1.32 bits per heavy atom.